The van der Waals surface area contributed by atoms with E-state index < -0.39 is 0 Å². The molecule has 1 heterocycles. The van der Waals surface area contributed by atoms with E-state index in [2.05, 4.69) is 9.97 Å². The Morgan fingerprint density at radius 2 is 2.05 bits per heavy atom. The number of nitrogens with zero attached hydrogens (tertiary/aromatic N) is 1. The zero-order chi connectivity index (χ0) is 14.5. The van der Waals surface area contributed by atoms with Gasteiger partial charge in [0.25, 0.3) is 5.56 Å². The molecular formula is C14H15FN2O2S. The van der Waals surface area contributed by atoms with E-state index in [1.54, 1.807) is 19.1 Å². The quantitative estimate of drug-likeness (QED) is 0.828. The van der Waals surface area contributed by atoms with E-state index in [0.717, 1.165) is 4.90 Å². The van der Waals surface area contributed by atoms with E-state index in [-0.39, 0.29) is 18.0 Å². The number of aromatic amines is 1. The maximum Gasteiger partial charge on any atom is 0.254 e. The first-order chi connectivity index (χ1) is 9.60. The lowest BCUT2D eigenvalue weighted by Gasteiger charge is -2.06. The standard InChI is InChI=1S/C14H15FN2O2S/c1-9-12(6-7-18)14(19)17-13(16-9)8-20-11-4-2-10(15)3-5-11/h2-5,18H,6-8H2,1H3,(H,16,17,19). The van der Waals surface area contributed by atoms with Gasteiger partial charge in [-0.15, -0.1) is 11.8 Å². The molecule has 20 heavy (non-hydrogen) atoms. The summed E-state index contributed by atoms with van der Waals surface area (Å²) in [4.78, 5) is 19.8. The summed E-state index contributed by atoms with van der Waals surface area (Å²) in [5, 5.41) is 8.90. The average molecular weight is 294 g/mol. The molecule has 1 aromatic heterocycles. The van der Waals surface area contributed by atoms with Crippen LogP contribution in [-0.4, -0.2) is 21.7 Å². The normalized spacial score (nSPS) is 10.8. The molecule has 106 valence electrons. The molecule has 0 aliphatic rings. The fourth-order valence-electron chi connectivity index (χ4n) is 1.83. The van der Waals surface area contributed by atoms with Crippen molar-refractivity contribution in [1.29, 1.82) is 0 Å². The van der Waals surface area contributed by atoms with E-state index in [0.29, 0.717) is 29.3 Å². The Balaban J connectivity index is 2.10. The van der Waals surface area contributed by atoms with Crippen LogP contribution in [0.4, 0.5) is 4.39 Å². The lowest BCUT2D eigenvalue weighted by molar-refractivity contribution is 0.298. The predicted octanol–water partition coefficient (Wildman–Crippen LogP) is 2.04. The number of nitrogens with one attached hydrogen (secondary N) is 1. The van der Waals surface area contributed by atoms with Gasteiger partial charge in [0.2, 0.25) is 0 Å². The van der Waals surface area contributed by atoms with Crippen LogP contribution in [0, 0.1) is 12.7 Å². The molecule has 1 aromatic carbocycles. The first kappa shape index (κ1) is 14.7. The lowest BCUT2D eigenvalue weighted by Crippen LogP contribution is -2.19. The highest BCUT2D eigenvalue weighted by molar-refractivity contribution is 7.98. The van der Waals surface area contributed by atoms with E-state index in [9.17, 15) is 9.18 Å². The number of aliphatic hydroxyl groups excluding tert-OH is 1. The number of thioether (sulfide) groups is 1. The summed E-state index contributed by atoms with van der Waals surface area (Å²) in [7, 11) is 0. The second kappa shape index (κ2) is 6.67. The van der Waals surface area contributed by atoms with Gasteiger partial charge in [-0.25, -0.2) is 9.37 Å². The molecule has 0 atom stereocenters. The third-order valence-electron chi connectivity index (χ3n) is 2.82. The molecular weight excluding hydrogens is 279 g/mol. The summed E-state index contributed by atoms with van der Waals surface area (Å²) in [5.74, 6) is 0.801. The van der Waals surface area contributed by atoms with Gasteiger partial charge in [0.05, 0.1) is 5.75 Å². The molecule has 0 unspecified atom stereocenters. The molecule has 0 aliphatic heterocycles. The van der Waals surface area contributed by atoms with Crippen LogP contribution in [0.15, 0.2) is 34.0 Å². The number of H-pyrrole nitrogens is 1. The Bertz CT molecular complexity index is 641. The van der Waals surface area contributed by atoms with Crippen molar-refractivity contribution in [2.75, 3.05) is 6.61 Å². The van der Waals surface area contributed by atoms with E-state index in [1.165, 1.54) is 23.9 Å². The van der Waals surface area contributed by atoms with Crippen molar-refractivity contribution in [2.45, 2.75) is 24.0 Å². The number of rotatable bonds is 5. The van der Waals surface area contributed by atoms with Gasteiger partial charge in [-0.2, -0.15) is 0 Å². The van der Waals surface area contributed by atoms with Crippen molar-refractivity contribution in [3.8, 4) is 0 Å². The summed E-state index contributed by atoms with van der Waals surface area (Å²) in [6.07, 6.45) is 0.305. The molecule has 2 aromatic rings. The Morgan fingerprint density at radius 3 is 2.65 bits per heavy atom. The molecule has 6 heteroatoms. The van der Waals surface area contributed by atoms with Crippen molar-refractivity contribution >= 4 is 11.8 Å². The number of hydrogen-bond donors (Lipinski definition) is 2. The molecule has 4 nitrogen and oxygen atoms in total. The van der Waals surface area contributed by atoms with Crippen LogP contribution in [0.3, 0.4) is 0 Å². The molecule has 0 bridgehead atoms. The Hall–Kier alpha value is -1.66. The second-order valence-corrected chi connectivity index (χ2v) is 5.34. The Kier molecular flexibility index (Phi) is 4.92. The minimum absolute atomic E-state index is 0.0741. The predicted molar refractivity (Wildman–Crippen MR) is 76.3 cm³/mol. The number of benzene rings is 1. The van der Waals surface area contributed by atoms with Crippen LogP contribution >= 0.6 is 11.8 Å². The van der Waals surface area contributed by atoms with E-state index in [1.807, 2.05) is 0 Å². The smallest absolute Gasteiger partial charge is 0.254 e. The van der Waals surface area contributed by atoms with Gasteiger partial charge >= 0.3 is 0 Å². The summed E-state index contributed by atoms with van der Waals surface area (Å²) in [6, 6.07) is 6.17. The maximum atomic E-state index is 12.8. The third-order valence-corrected chi connectivity index (χ3v) is 3.85. The van der Waals surface area contributed by atoms with Crippen LogP contribution in [0.25, 0.3) is 0 Å². The van der Waals surface area contributed by atoms with Gasteiger partial charge < -0.3 is 10.1 Å². The van der Waals surface area contributed by atoms with E-state index in [4.69, 9.17) is 5.11 Å². The fraction of sp³-hybridized carbons (Fsp3) is 0.286. The number of aryl methyl sites for hydroxylation is 1. The van der Waals surface area contributed by atoms with Gasteiger partial charge in [-0.1, -0.05) is 0 Å². The molecule has 2 rings (SSSR count). The molecule has 0 saturated carbocycles. The summed E-state index contributed by atoms with van der Waals surface area (Å²) in [5.41, 5.74) is 0.946. The van der Waals surface area contributed by atoms with Crippen molar-refractivity contribution in [3.05, 3.63) is 57.5 Å². The van der Waals surface area contributed by atoms with Crippen LogP contribution < -0.4 is 5.56 Å². The maximum absolute atomic E-state index is 12.8. The highest BCUT2D eigenvalue weighted by Crippen LogP contribution is 2.21. The molecule has 0 radical (unpaired) electrons. The fourth-order valence-corrected chi connectivity index (χ4v) is 2.59. The molecule has 0 saturated heterocycles. The molecule has 0 spiro atoms. The Morgan fingerprint density at radius 1 is 1.35 bits per heavy atom. The summed E-state index contributed by atoms with van der Waals surface area (Å²) >= 11 is 1.47. The van der Waals surface area contributed by atoms with Crippen LogP contribution in [0.1, 0.15) is 17.1 Å². The highest BCUT2D eigenvalue weighted by Gasteiger charge is 2.08. The monoisotopic (exact) mass is 294 g/mol. The number of hydrogen-bond acceptors (Lipinski definition) is 4. The third kappa shape index (κ3) is 3.68. The topological polar surface area (TPSA) is 66.0 Å². The molecule has 0 fully saturated rings. The van der Waals surface area contributed by atoms with Gasteiger partial charge in [-0.05, 0) is 31.2 Å². The summed E-state index contributed by atoms with van der Waals surface area (Å²) < 4.78 is 12.8. The summed E-state index contributed by atoms with van der Waals surface area (Å²) in [6.45, 7) is 1.68. The van der Waals surface area contributed by atoms with E-state index >= 15 is 0 Å². The largest absolute Gasteiger partial charge is 0.396 e. The van der Waals surface area contributed by atoms with Gasteiger partial charge in [0, 0.05) is 29.2 Å². The van der Waals surface area contributed by atoms with Crippen LogP contribution in [-0.2, 0) is 12.2 Å². The van der Waals surface area contributed by atoms with Crippen molar-refractivity contribution in [3.63, 3.8) is 0 Å². The SMILES string of the molecule is Cc1nc(CSc2ccc(F)cc2)[nH]c(=O)c1CCO. The minimum Gasteiger partial charge on any atom is -0.396 e. The highest BCUT2D eigenvalue weighted by atomic mass is 32.2. The number of aliphatic hydroxyl groups is 1. The van der Waals surface area contributed by atoms with Crippen molar-refractivity contribution in [1.82, 2.24) is 9.97 Å². The Labute approximate surface area is 120 Å². The minimum atomic E-state index is -0.273. The van der Waals surface area contributed by atoms with Crippen LogP contribution in [0.2, 0.25) is 0 Å². The average Bonchev–Trinajstić information content (AvgIpc) is 2.42. The molecule has 2 N–H and O–H groups in total. The van der Waals surface area contributed by atoms with Crippen LogP contribution in [0.5, 0.6) is 0 Å². The first-order valence-corrected chi connectivity index (χ1v) is 7.16. The van der Waals surface area contributed by atoms with Gasteiger partial charge in [-0.3, -0.25) is 4.79 Å². The molecule has 0 amide bonds. The molecule has 0 aliphatic carbocycles. The van der Waals surface area contributed by atoms with Gasteiger partial charge in [0.1, 0.15) is 11.6 Å². The first-order valence-electron chi connectivity index (χ1n) is 6.18. The lowest BCUT2D eigenvalue weighted by atomic mass is 10.2. The number of aromatic nitrogens is 2. The zero-order valence-electron chi connectivity index (χ0n) is 11.0. The zero-order valence-corrected chi connectivity index (χ0v) is 11.8. The number of halogens is 1. The van der Waals surface area contributed by atoms with Crippen molar-refractivity contribution < 1.29 is 9.50 Å². The van der Waals surface area contributed by atoms with Crippen molar-refractivity contribution in [2.24, 2.45) is 0 Å². The second-order valence-electron chi connectivity index (χ2n) is 4.29. The van der Waals surface area contributed by atoms with Gasteiger partial charge in [0.15, 0.2) is 0 Å².